The molecule has 1 aliphatic heterocycles. The Labute approximate surface area is 169 Å². The number of para-hydroxylation sites is 1. The van der Waals surface area contributed by atoms with Crippen molar-refractivity contribution in [2.24, 2.45) is 0 Å². The van der Waals surface area contributed by atoms with Crippen LogP contribution in [-0.2, 0) is 10.0 Å². The van der Waals surface area contributed by atoms with Crippen molar-refractivity contribution in [3.63, 3.8) is 0 Å². The molecule has 148 valence electrons. The van der Waals surface area contributed by atoms with Gasteiger partial charge < -0.3 is 9.88 Å². The fraction of sp³-hybridized carbons (Fsp3) is 0.238. The first-order valence-electron chi connectivity index (χ1n) is 9.57. The zero-order valence-electron chi connectivity index (χ0n) is 16.0. The van der Waals surface area contributed by atoms with Crippen LogP contribution in [0.2, 0.25) is 0 Å². The third-order valence-electron chi connectivity index (χ3n) is 5.43. The molecule has 0 unspecified atom stereocenters. The lowest BCUT2D eigenvalue weighted by Gasteiger charge is -2.35. The normalized spacial score (nSPS) is 16.0. The number of sulfonamides is 1. The maximum atomic E-state index is 13.2. The molecule has 0 bridgehead atoms. The number of nitrogens with one attached hydrogen (secondary N) is 1. The second kappa shape index (κ2) is 6.82. The van der Waals surface area contributed by atoms with Crippen LogP contribution < -0.4 is 4.90 Å². The number of H-pyrrole nitrogens is 1. The van der Waals surface area contributed by atoms with Crippen LogP contribution in [0.15, 0.2) is 59.8 Å². The third-order valence-corrected chi connectivity index (χ3v) is 7.37. The van der Waals surface area contributed by atoms with Gasteiger partial charge in [0.2, 0.25) is 10.0 Å². The number of nitrogens with zero attached hydrogens (tertiary/aromatic N) is 4. The van der Waals surface area contributed by atoms with Gasteiger partial charge in [0.1, 0.15) is 10.5 Å². The Morgan fingerprint density at radius 2 is 1.76 bits per heavy atom. The summed E-state index contributed by atoms with van der Waals surface area (Å²) in [5, 5.41) is 1.72. The SMILES string of the molecule is Cc1cc(N2CCN(S(=O)(=O)c3c[nH]c4ncccc34)CC2)c2ccccc2n1. The number of fused-ring (bicyclic) bond motifs is 2. The van der Waals surface area contributed by atoms with Gasteiger partial charge in [0.05, 0.1) is 5.52 Å². The molecule has 7 nitrogen and oxygen atoms in total. The van der Waals surface area contributed by atoms with Crippen molar-refractivity contribution in [1.29, 1.82) is 0 Å². The summed E-state index contributed by atoms with van der Waals surface area (Å²) in [7, 11) is -3.58. The van der Waals surface area contributed by atoms with E-state index in [4.69, 9.17) is 0 Å². The number of hydrogen-bond donors (Lipinski definition) is 1. The Kier molecular flexibility index (Phi) is 4.25. The molecule has 0 saturated carbocycles. The number of piperazine rings is 1. The number of rotatable bonds is 3. The third kappa shape index (κ3) is 3.04. The smallest absolute Gasteiger partial charge is 0.245 e. The number of aromatic nitrogens is 3. The number of hydrogen-bond acceptors (Lipinski definition) is 5. The summed E-state index contributed by atoms with van der Waals surface area (Å²) in [6.07, 6.45) is 3.19. The van der Waals surface area contributed by atoms with Crippen LogP contribution in [0.4, 0.5) is 5.69 Å². The lowest BCUT2D eigenvalue weighted by Crippen LogP contribution is -2.48. The van der Waals surface area contributed by atoms with E-state index < -0.39 is 10.0 Å². The fourth-order valence-corrected chi connectivity index (χ4v) is 5.57. The first kappa shape index (κ1) is 18.1. The van der Waals surface area contributed by atoms with E-state index in [1.54, 1.807) is 28.8 Å². The Balaban J connectivity index is 1.42. The van der Waals surface area contributed by atoms with Gasteiger partial charge in [-0.3, -0.25) is 4.98 Å². The fourth-order valence-electron chi connectivity index (χ4n) is 4.00. The molecule has 4 aromatic rings. The van der Waals surface area contributed by atoms with Gasteiger partial charge in [0.15, 0.2) is 0 Å². The van der Waals surface area contributed by atoms with Crippen molar-refractivity contribution < 1.29 is 8.42 Å². The van der Waals surface area contributed by atoms with E-state index in [0.717, 1.165) is 22.3 Å². The lowest BCUT2D eigenvalue weighted by molar-refractivity contribution is 0.385. The highest BCUT2D eigenvalue weighted by Crippen LogP contribution is 2.29. The van der Waals surface area contributed by atoms with Crippen molar-refractivity contribution >= 4 is 37.6 Å². The highest BCUT2D eigenvalue weighted by molar-refractivity contribution is 7.89. The molecular formula is C21H21N5O2S. The maximum Gasteiger partial charge on any atom is 0.245 e. The van der Waals surface area contributed by atoms with Crippen LogP contribution in [0, 0.1) is 6.92 Å². The zero-order chi connectivity index (χ0) is 20.0. The second-order valence-corrected chi connectivity index (χ2v) is 9.15. The van der Waals surface area contributed by atoms with E-state index in [-0.39, 0.29) is 0 Å². The minimum absolute atomic E-state index is 0.291. The highest BCUT2D eigenvalue weighted by atomic mass is 32.2. The van der Waals surface area contributed by atoms with Gasteiger partial charge >= 0.3 is 0 Å². The molecule has 5 rings (SSSR count). The Bertz CT molecular complexity index is 1310. The van der Waals surface area contributed by atoms with Crippen molar-refractivity contribution in [3.05, 3.63) is 60.6 Å². The van der Waals surface area contributed by atoms with Crippen LogP contribution in [0.5, 0.6) is 0 Å². The minimum atomic E-state index is -3.58. The molecule has 4 heterocycles. The molecule has 0 atom stereocenters. The van der Waals surface area contributed by atoms with Crippen molar-refractivity contribution in [3.8, 4) is 0 Å². The molecule has 1 N–H and O–H groups in total. The lowest BCUT2D eigenvalue weighted by atomic mass is 10.1. The Morgan fingerprint density at radius 1 is 1.00 bits per heavy atom. The minimum Gasteiger partial charge on any atom is -0.368 e. The van der Waals surface area contributed by atoms with E-state index >= 15 is 0 Å². The highest BCUT2D eigenvalue weighted by Gasteiger charge is 2.31. The first-order chi connectivity index (χ1) is 14.0. The predicted octanol–water partition coefficient (Wildman–Crippen LogP) is 2.93. The van der Waals surface area contributed by atoms with Gasteiger partial charge in [0, 0.05) is 60.7 Å². The topological polar surface area (TPSA) is 82.2 Å². The van der Waals surface area contributed by atoms with Crippen molar-refractivity contribution in [1.82, 2.24) is 19.3 Å². The quantitative estimate of drug-likeness (QED) is 0.565. The molecule has 8 heteroatoms. The number of benzene rings is 1. The molecule has 0 amide bonds. The molecule has 1 aliphatic rings. The number of pyridine rings is 2. The Morgan fingerprint density at radius 3 is 2.59 bits per heavy atom. The van der Waals surface area contributed by atoms with E-state index in [1.807, 2.05) is 25.1 Å². The maximum absolute atomic E-state index is 13.2. The molecule has 1 aromatic carbocycles. The van der Waals surface area contributed by atoms with Crippen LogP contribution in [0.3, 0.4) is 0 Å². The van der Waals surface area contributed by atoms with Crippen LogP contribution >= 0.6 is 0 Å². The monoisotopic (exact) mass is 407 g/mol. The van der Waals surface area contributed by atoms with Gasteiger partial charge in [-0.15, -0.1) is 0 Å². The molecule has 1 saturated heterocycles. The number of anilines is 1. The summed E-state index contributed by atoms with van der Waals surface area (Å²) in [6, 6.07) is 13.7. The molecule has 1 fully saturated rings. The van der Waals surface area contributed by atoms with Crippen LogP contribution in [-0.4, -0.2) is 53.9 Å². The average molecular weight is 407 g/mol. The summed E-state index contributed by atoms with van der Waals surface area (Å²) in [5.74, 6) is 0. The predicted molar refractivity (Wildman–Crippen MR) is 114 cm³/mol. The zero-order valence-corrected chi connectivity index (χ0v) is 16.9. The van der Waals surface area contributed by atoms with E-state index in [2.05, 4.69) is 32.0 Å². The van der Waals surface area contributed by atoms with E-state index in [1.165, 1.54) is 0 Å². The van der Waals surface area contributed by atoms with Crippen molar-refractivity contribution in [2.75, 3.05) is 31.1 Å². The summed E-state index contributed by atoms with van der Waals surface area (Å²) in [6.45, 7) is 4.12. The molecule has 0 radical (unpaired) electrons. The van der Waals surface area contributed by atoms with E-state index in [9.17, 15) is 8.42 Å². The first-order valence-corrected chi connectivity index (χ1v) is 11.0. The second-order valence-electron chi connectivity index (χ2n) is 7.24. The van der Waals surface area contributed by atoms with Crippen molar-refractivity contribution in [2.45, 2.75) is 11.8 Å². The summed E-state index contributed by atoms with van der Waals surface area (Å²) < 4.78 is 28.0. The standard InChI is InChI=1S/C21H21N5O2S/c1-15-13-19(16-5-2-3-7-18(16)24-15)25-9-11-26(12-10-25)29(27,28)20-14-23-21-17(20)6-4-8-22-21/h2-8,13-14H,9-12H2,1H3,(H,22,23). The van der Waals surface area contributed by atoms with Gasteiger partial charge in [-0.1, -0.05) is 18.2 Å². The van der Waals surface area contributed by atoms with Gasteiger partial charge in [-0.2, -0.15) is 4.31 Å². The largest absolute Gasteiger partial charge is 0.368 e. The van der Waals surface area contributed by atoms with Gasteiger partial charge in [0.25, 0.3) is 0 Å². The Hall–Kier alpha value is -2.97. The summed E-state index contributed by atoms with van der Waals surface area (Å²) >= 11 is 0. The van der Waals surface area contributed by atoms with Crippen LogP contribution in [0.25, 0.3) is 21.9 Å². The molecule has 0 spiro atoms. The van der Waals surface area contributed by atoms with Gasteiger partial charge in [-0.25, -0.2) is 13.4 Å². The summed E-state index contributed by atoms with van der Waals surface area (Å²) in [5.41, 5.74) is 3.62. The molecule has 0 aliphatic carbocycles. The number of aromatic amines is 1. The number of aryl methyl sites for hydroxylation is 1. The average Bonchev–Trinajstić information content (AvgIpc) is 3.18. The molecule has 3 aromatic heterocycles. The summed E-state index contributed by atoms with van der Waals surface area (Å²) in [4.78, 5) is 14.3. The van der Waals surface area contributed by atoms with Crippen LogP contribution in [0.1, 0.15) is 5.69 Å². The molecular weight excluding hydrogens is 386 g/mol. The molecule has 29 heavy (non-hydrogen) atoms. The van der Waals surface area contributed by atoms with Gasteiger partial charge in [-0.05, 0) is 31.2 Å². The van der Waals surface area contributed by atoms with E-state index in [0.29, 0.717) is 42.1 Å².